The molecule has 0 saturated heterocycles. The molecule has 0 aliphatic rings. The summed E-state index contributed by atoms with van der Waals surface area (Å²) in [5.74, 6) is -0.440. The second-order valence-corrected chi connectivity index (χ2v) is 3.87. The maximum Gasteiger partial charge on any atom is 0.346 e. The fourth-order valence-electron chi connectivity index (χ4n) is 1.19. The molecular weight excluding hydrogens is 213 g/mol. The van der Waals surface area contributed by atoms with Crippen molar-refractivity contribution in [3.63, 3.8) is 0 Å². The van der Waals surface area contributed by atoms with Gasteiger partial charge in [-0.1, -0.05) is 19.9 Å². The fraction of sp³-hybridized carbons (Fsp3) is 0.455. The van der Waals surface area contributed by atoms with Crippen LogP contribution in [0.15, 0.2) is 18.2 Å². The van der Waals surface area contributed by atoms with Crippen molar-refractivity contribution in [1.82, 2.24) is 0 Å². The molecule has 1 aromatic rings. The predicted molar refractivity (Wildman–Crippen MR) is 58.0 cm³/mol. The van der Waals surface area contributed by atoms with Gasteiger partial charge in [0.25, 0.3) is 0 Å². The summed E-state index contributed by atoms with van der Waals surface area (Å²) in [6.07, 6.45) is 0.771. The summed E-state index contributed by atoms with van der Waals surface area (Å²) in [6, 6.07) is 3.85. The molecule has 0 aliphatic carbocycles. The van der Waals surface area contributed by atoms with E-state index in [4.69, 9.17) is 4.74 Å². The molecule has 1 aromatic carbocycles. The van der Waals surface area contributed by atoms with Crippen molar-refractivity contribution in [2.45, 2.75) is 20.3 Å². The molecule has 0 saturated carbocycles. The first-order valence-corrected chi connectivity index (χ1v) is 5.08. The van der Waals surface area contributed by atoms with E-state index < -0.39 is 16.4 Å². The van der Waals surface area contributed by atoms with Gasteiger partial charge in [0.15, 0.2) is 5.75 Å². The summed E-state index contributed by atoms with van der Waals surface area (Å²) in [4.78, 5) is 9.86. The van der Waals surface area contributed by atoms with Crippen LogP contribution in [0.4, 0.5) is 10.1 Å². The molecule has 0 amide bonds. The number of nitrogens with zero attached hydrogens (tertiary/aromatic N) is 1. The van der Waals surface area contributed by atoms with Crippen LogP contribution in [0.25, 0.3) is 0 Å². The molecule has 16 heavy (non-hydrogen) atoms. The molecule has 0 aliphatic heterocycles. The lowest BCUT2D eigenvalue weighted by atomic mass is 10.1. The van der Waals surface area contributed by atoms with Crippen molar-refractivity contribution in [3.05, 3.63) is 34.1 Å². The Morgan fingerprint density at radius 1 is 1.50 bits per heavy atom. The molecule has 0 bridgehead atoms. The summed E-state index contributed by atoms with van der Waals surface area (Å²) in [7, 11) is 0. The van der Waals surface area contributed by atoms with E-state index in [0.29, 0.717) is 12.5 Å². The monoisotopic (exact) mass is 227 g/mol. The summed E-state index contributed by atoms with van der Waals surface area (Å²) >= 11 is 0. The Balaban J connectivity index is 2.79. The van der Waals surface area contributed by atoms with Crippen molar-refractivity contribution in [1.29, 1.82) is 0 Å². The van der Waals surface area contributed by atoms with E-state index in [2.05, 4.69) is 0 Å². The van der Waals surface area contributed by atoms with Crippen molar-refractivity contribution in [2.24, 2.45) is 5.92 Å². The number of hydrogen-bond acceptors (Lipinski definition) is 3. The quantitative estimate of drug-likeness (QED) is 0.573. The Morgan fingerprint density at radius 3 is 2.75 bits per heavy atom. The second kappa shape index (κ2) is 5.44. The molecule has 0 atom stereocenters. The molecule has 0 radical (unpaired) electrons. The Kier molecular flexibility index (Phi) is 4.22. The first-order chi connectivity index (χ1) is 7.52. The summed E-state index contributed by atoms with van der Waals surface area (Å²) < 4.78 is 18.4. The number of halogens is 1. The highest BCUT2D eigenvalue weighted by atomic mass is 19.1. The van der Waals surface area contributed by atoms with Gasteiger partial charge in [0.2, 0.25) is 5.82 Å². The Labute approximate surface area is 93.2 Å². The zero-order valence-corrected chi connectivity index (χ0v) is 9.27. The molecule has 0 aromatic heterocycles. The molecular formula is C11H14FNO3. The SMILES string of the molecule is CC(C)CCOc1cccc(F)c1[N+](=O)[O-]. The van der Waals surface area contributed by atoms with Gasteiger partial charge in [0.05, 0.1) is 11.5 Å². The lowest BCUT2D eigenvalue weighted by molar-refractivity contribution is -0.388. The van der Waals surface area contributed by atoms with Crippen LogP contribution in [0.3, 0.4) is 0 Å². The van der Waals surface area contributed by atoms with Gasteiger partial charge in [-0.25, -0.2) is 0 Å². The molecule has 0 fully saturated rings. The highest BCUT2D eigenvalue weighted by Gasteiger charge is 2.20. The Hall–Kier alpha value is -1.65. The van der Waals surface area contributed by atoms with Crippen LogP contribution >= 0.6 is 0 Å². The number of para-hydroxylation sites is 1. The van der Waals surface area contributed by atoms with Crippen LogP contribution in [0, 0.1) is 21.8 Å². The van der Waals surface area contributed by atoms with E-state index in [1.165, 1.54) is 12.1 Å². The number of nitro groups is 1. The molecule has 0 spiro atoms. The van der Waals surface area contributed by atoms with Gasteiger partial charge in [-0.3, -0.25) is 10.1 Å². The van der Waals surface area contributed by atoms with E-state index in [-0.39, 0.29) is 5.75 Å². The van der Waals surface area contributed by atoms with Gasteiger partial charge >= 0.3 is 5.69 Å². The molecule has 1 rings (SSSR count). The maximum absolute atomic E-state index is 13.2. The lowest BCUT2D eigenvalue weighted by Crippen LogP contribution is -2.04. The average Bonchev–Trinajstić information content (AvgIpc) is 2.16. The molecule has 5 heteroatoms. The zero-order valence-electron chi connectivity index (χ0n) is 9.27. The molecule has 0 N–H and O–H groups in total. The van der Waals surface area contributed by atoms with Gasteiger partial charge < -0.3 is 4.74 Å². The van der Waals surface area contributed by atoms with Crippen LogP contribution in [-0.4, -0.2) is 11.5 Å². The van der Waals surface area contributed by atoms with E-state index in [1.54, 1.807) is 0 Å². The van der Waals surface area contributed by atoms with Crippen molar-refractivity contribution in [2.75, 3.05) is 6.61 Å². The number of nitro benzene ring substituents is 1. The minimum atomic E-state index is -0.868. The van der Waals surface area contributed by atoms with Gasteiger partial charge in [-0.05, 0) is 24.5 Å². The van der Waals surface area contributed by atoms with Crippen molar-refractivity contribution < 1.29 is 14.1 Å². The first kappa shape index (κ1) is 12.4. The largest absolute Gasteiger partial charge is 0.487 e. The highest BCUT2D eigenvalue weighted by molar-refractivity contribution is 5.47. The summed E-state index contributed by atoms with van der Waals surface area (Å²) in [5, 5.41) is 10.6. The van der Waals surface area contributed by atoms with Gasteiger partial charge in [0, 0.05) is 0 Å². The smallest absolute Gasteiger partial charge is 0.346 e. The normalized spacial score (nSPS) is 10.5. The Morgan fingerprint density at radius 2 is 2.19 bits per heavy atom. The zero-order chi connectivity index (χ0) is 12.1. The van der Waals surface area contributed by atoms with Gasteiger partial charge in [-0.2, -0.15) is 4.39 Å². The minimum Gasteiger partial charge on any atom is -0.487 e. The van der Waals surface area contributed by atoms with Crippen LogP contribution in [0.2, 0.25) is 0 Å². The highest BCUT2D eigenvalue weighted by Crippen LogP contribution is 2.29. The van der Waals surface area contributed by atoms with Crippen molar-refractivity contribution in [3.8, 4) is 5.75 Å². The number of ether oxygens (including phenoxy) is 1. The third-order valence-electron chi connectivity index (χ3n) is 2.09. The fourth-order valence-corrected chi connectivity index (χ4v) is 1.19. The average molecular weight is 227 g/mol. The third kappa shape index (κ3) is 3.18. The van der Waals surface area contributed by atoms with E-state index in [0.717, 1.165) is 12.5 Å². The van der Waals surface area contributed by atoms with Crippen LogP contribution in [-0.2, 0) is 0 Å². The minimum absolute atomic E-state index is 0.00866. The number of hydrogen-bond donors (Lipinski definition) is 0. The molecule has 4 nitrogen and oxygen atoms in total. The van der Waals surface area contributed by atoms with Crippen LogP contribution in [0.1, 0.15) is 20.3 Å². The topological polar surface area (TPSA) is 52.4 Å². The second-order valence-electron chi connectivity index (χ2n) is 3.87. The maximum atomic E-state index is 13.2. The summed E-state index contributed by atoms with van der Waals surface area (Å²) in [6.45, 7) is 4.38. The van der Waals surface area contributed by atoms with E-state index >= 15 is 0 Å². The van der Waals surface area contributed by atoms with E-state index in [1.807, 2.05) is 13.8 Å². The molecule has 0 unspecified atom stereocenters. The molecule has 0 heterocycles. The number of rotatable bonds is 5. The lowest BCUT2D eigenvalue weighted by Gasteiger charge is -2.08. The molecule has 88 valence electrons. The van der Waals surface area contributed by atoms with E-state index in [9.17, 15) is 14.5 Å². The Bertz CT molecular complexity index is 379. The predicted octanol–water partition coefficient (Wildman–Crippen LogP) is 3.16. The van der Waals surface area contributed by atoms with Crippen LogP contribution in [0.5, 0.6) is 5.75 Å². The summed E-state index contributed by atoms with van der Waals surface area (Å²) in [5.41, 5.74) is -0.591. The van der Waals surface area contributed by atoms with Crippen LogP contribution < -0.4 is 4.74 Å². The van der Waals surface area contributed by atoms with Gasteiger partial charge in [0.1, 0.15) is 0 Å². The van der Waals surface area contributed by atoms with Gasteiger partial charge in [-0.15, -0.1) is 0 Å². The first-order valence-electron chi connectivity index (χ1n) is 5.08. The third-order valence-corrected chi connectivity index (χ3v) is 2.09. The van der Waals surface area contributed by atoms with Crippen molar-refractivity contribution >= 4 is 5.69 Å². The number of benzene rings is 1. The standard InChI is InChI=1S/C11H14FNO3/c1-8(2)6-7-16-10-5-3-4-9(12)11(10)13(14)15/h3-5,8H,6-7H2,1-2H3.